The summed E-state index contributed by atoms with van der Waals surface area (Å²) >= 11 is 17.8. The fourth-order valence-corrected chi connectivity index (χ4v) is 1.78. The smallest absolute Gasteiger partial charge is 0.231 e. The van der Waals surface area contributed by atoms with E-state index < -0.39 is 11.0 Å². The van der Waals surface area contributed by atoms with E-state index in [4.69, 9.17) is 40.5 Å². The van der Waals surface area contributed by atoms with Crippen LogP contribution >= 0.6 is 34.8 Å². The van der Waals surface area contributed by atoms with E-state index in [1.54, 1.807) is 27.7 Å². The third-order valence-corrected chi connectivity index (χ3v) is 4.47. The number of nitrogens with one attached hydrogen (secondary N) is 1. The largest absolute Gasteiger partial charge is 0.325 e. The van der Waals surface area contributed by atoms with Gasteiger partial charge in [0.15, 0.2) is 0 Å². The molecule has 3 nitrogen and oxygen atoms in total. The van der Waals surface area contributed by atoms with Gasteiger partial charge < -0.3 is 11.1 Å². The molecule has 0 atom stereocenters. The molecule has 1 rings (SSSR count). The van der Waals surface area contributed by atoms with Crippen LogP contribution in [0.3, 0.4) is 0 Å². The Morgan fingerprint density at radius 1 is 1.05 bits per heavy atom. The van der Waals surface area contributed by atoms with Gasteiger partial charge in [0.2, 0.25) is 5.91 Å². The molecule has 0 unspecified atom stereocenters. The maximum absolute atomic E-state index is 12.3. The van der Waals surface area contributed by atoms with Crippen LogP contribution in [0.25, 0.3) is 0 Å². The predicted octanol–water partition coefficient (Wildman–Crippen LogP) is 4.35. The number of anilines is 1. The Hall–Kier alpha value is -0.480. The van der Waals surface area contributed by atoms with Gasteiger partial charge >= 0.3 is 0 Å². The van der Waals surface area contributed by atoms with Crippen molar-refractivity contribution in [1.29, 1.82) is 0 Å². The third kappa shape index (κ3) is 3.54. The molecule has 3 N–H and O–H groups in total. The Bertz CT molecular complexity index is 507. The van der Waals surface area contributed by atoms with E-state index >= 15 is 0 Å². The first-order chi connectivity index (χ1) is 8.46. The number of halogens is 3. The topological polar surface area (TPSA) is 55.1 Å². The molecule has 1 amide bonds. The molecule has 0 fully saturated rings. The molecular weight excluding hydrogens is 307 g/mol. The number of carbonyl (C=O) groups is 1. The molecule has 0 saturated heterocycles. The summed E-state index contributed by atoms with van der Waals surface area (Å²) in [4.78, 5) is 12.3. The minimum Gasteiger partial charge on any atom is -0.325 e. The molecule has 1 aromatic rings. The van der Waals surface area contributed by atoms with Crippen LogP contribution in [0.1, 0.15) is 27.7 Å². The van der Waals surface area contributed by atoms with Crippen LogP contribution in [0.4, 0.5) is 5.69 Å². The molecule has 0 radical (unpaired) electrons. The highest BCUT2D eigenvalue weighted by molar-refractivity contribution is 6.44. The number of amides is 1. The molecule has 0 aliphatic rings. The standard InChI is InChI=1S/C13H17Cl3N2O/c1-12(2,13(3,4)17)11(19)18-10-6-8(15)7(14)5-9(10)16/h5-6H,17H2,1-4H3,(H,18,19). The lowest BCUT2D eigenvalue weighted by atomic mass is 9.74. The molecule has 0 spiro atoms. The zero-order chi connectivity index (χ0) is 15.0. The van der Waals surface area contributed by atoms with Crippen molar-refractivity contribution in [3.8, 4) is 0 Å². The van der Waals surface area contributed by atoms with Crippen LogP contribution in [0.2, 0.25) is 15.1 Å². The van der Waals surface area contributed by atoms with Gasteiger partial charge in [-0.25, -0.2) is 0 Å². The van der Waals surface area contributed by atoms with Crippen molar-refractivity contribution in [2.24, 2.45) is 11.1 Å². The summed E-state index contributed by atoms with van der Waals surface area (Å²) in [6, 6.07) is 3.01. The first-order valence-corrected chi connectivity index (χ1v) is 6.85. The maximum atomic E-state index is 12.3. The highest BCUT2D eigenvalue weighted by Crippen LogP contribution is 2.35. The number of hydrogen-bond donors (Lipinski definition) is 2. The first kappa shape index (κ1) is 16.6. The molecular formula is C13H17Cl3N2O. The van der Waals surface area contributed by atoms with Crippen molar-refractivity contribution in [1.82, 2.24) is 0 Å². The minimum atomic E-state index is -0.775. The summed E-state index contributed by atoms with van der Waals surface area (Å²) < 4.78 is 0. The number of rotatable bonds is 3. The second-order valence-electron chi connectivity index (χ2n) is 5.55. The van der Waals surface area contributed by atoms with E-state index in [0.29, 0.717) is 20.8 Å². The summed E-state index contributed by atoms with van der Waals surface area (Å²) in [5, 5.41) is 3.72. The Kier molecular flexibility index (Phi) is 4.79. The van der Waals surface area contributed by atoms with Gasteiger partial charge in [0.05, 0.1) is 26.2 Å². The van der Waals surface area contributed by atoms with Crippen LogP contribution < -0.4 is 11.1 Å². The SMILES string of the molecule is CC(C)(N)C(C)(C)C(=O)Nc1cc(Cl)c(Cl)cc1Cl. The molecule has 0 aliphatic heterocycles. The molecule has 6 heteroatoms. The second-order valence-corrected chi connectivity index (χ2v) is 6.77. The summed E-state index contributed by atoms with van der Waals surface area (Å²) in [6.07, 6.45) is 0. The van der Waals surface area contributed by atoms with Crippen molar-refractivity contribution >= 4 is 46.4 Å². The van der Waals surface area contributed by atoms with Crippen LogP contribution in [-0.4, -0.2) is 11.4 Å². The molecule has 106 valence electrons. The van der Waals surface area contributed by atoms with Crippen molar-refractivity contribution in [2.45, 2.75) is 33.2 Å². The van der Waals surface area contributed by atoms with Crippen molar-refractivity contribution in [2.75, 3.05) is 5.32 Å². The minimum absolute atomic E-state index is 0.236. The van der Waals surface area contributed by atoms with Crippen LogP contribution in [0, 0.1) is 5.41 Å². The van der Waals surface area contributed by atoms with Gasteiger partial charge in [-0.2, -0.15) is 0 Å². The number of hydrogen-bond acceptors (Lipinski definition) is 2. The maximum Gasteiger partial charge on any atom is 0.231 e. The number of nitrogens with two attached hydrogens (primary N) is 1. The molecule has 0 saturated carbocycles. The van der Waals surface area contributed by atoms with E-state index in [-0.39, 0.29) is 5.91 Å². The van der Waals surface area contributed by atoms with E-state index in [1.165, 1.54) is 12.1 Å². The Morgan fingerprint density at radius 3 is 2.00 bits per heavy atom. The summed E-state index contributed by atoms with van der Waals surface area (Å²) in [5.74, 6) is -0.236. The highest BCUT2D eigenvalue weighted by Gasteiger charge is 2.40. The first-order valence-electron chi connectivity index (χ1n) is 5.71. The van der Waals surface area contributed by atoms with Crippen molar-refractivity contribution in [3.63, 3.8) is 0 Å². The highest BCUT2D eigenvalue weighted by atomic mass is 35.5. The van der Waals surface area contributed by atoms with Crippen LogP contribution in [0.5, 0.6) is 0 Å². The average molecular weight is 324 g/mol. The van der Waals surface area contributed by atoms with Crippen LogP contribution in [-0.2, 0) is 4.79 Å². The fourth-order valence-electron chi connectivity index (χ4n) is 1.19. The van der Waals surface area contributed by atoms with Gasteiger partial charge in [-0.3, -0.25) is 4.79 Å². The Labute approximate surface area is 128 Å². The average Bonchev–Trinajstić information content (AvgIpc) is 2.24. The monoisotopic (exact) mass is 322 g/mol. The Morgan fingerprint density at radius 2 is 1.53 bits per heavy atom. The third-order valence-electron chi connectivity index (χ3n) is 3.44. The molecule has 0 aromatic heterocycles. The summed E-state index contributed by atoms with van der Waals surface area (Å²) in [6.45, 7) is 7.13. The molecule has 0 aliphatic carbocycles. The van der Waals surface area contributed by atoms with Gasteiger partial charge in [-0.15, -0.1) is 0 Å². The zero-order valence-electron chi connectivity index (χ0n) is 11.3. The van der Waals surface area contributed by atoms with Gasteiger partial charge in [-0.05, 0) is 39.8 Å². The lowest BCUT2D eigenvalue weighted by Gasteiger charge is -2.37. The van der Waals surface area contributed by atoms with Gasteiger partial charge in [0.1, 0.15) is 0 Å². The normalized spacial score (nSPS) is 12.4. The second kappa shape index (κ2) is 5.49. The van der Waals surface area contributed by atoms with E-state index in [2.05, 4.69) is 5.32 Å². The van der Waals surface area contributed by atoms with Crippen LogP contribution in [0.15, 0.2) is 12.1 Å². The van der Waals surface area contributed by atoms with E-state index in [0.717, 1.165) is 0 Å². The number of benzene rings is 1. The quantitative estimate of drug-likeness (QED) is 0.813. The molecule has 19 heavy (non-hydrogen) atoms. The number of carbonyl (C=O) groups excluding carboxylic acids is 1. The summed E-state index contributed by atoms with van der Waals surface area (Å²) in [5.41, 5.74) is 4.98. The van der Waals surface area contributed by atoms with Crippen molar-refractivity contribution < 1.29 is 4.79 Å². The fraction of sp³-hybridized carbons (Fsp3) is 0.462. The lowest BCUT2D eigenvalue weighted by molar-refractivity contribution is -0.126. The van der Waals surface area contributed by atoms with E-state index in [9.17, 15) is 4.79 Å². The van der Waals surface area contributed by atoms with Crippen molar-refractivity contribution in [3.05, 3.63) is 27.2 Å². The summed E-state index contributed by atoms with van der Waals surface area (Å²) in [7, 11) is 0. The molecule has 0 bridgehead atoms. The van der Waals surface area contributed by atoms with Gasteiger partial charge in [0, 0.05) is 5.54 Å². The molecule has 1 aromatic carbocycles. The van der Waals surface area contributed by atoms with E-state index in [1.807, 2.05) is 0 Å². The zero-order valence-corrected chi connectivity index (χ0v) is 13.5. The van der Waals surface area contributed by atoms with Gasteiger partial charge in [-0.1, -0.05) is 34.8 Å². The Balaban J connectivity index is 3.05. The molecule has 0 heterocycles. The lowest BCUT2D eigenvalue weighted by Crippen LogP contribution is -2.53. The van der Waals surface area contributed by atoms with Gasteiger partial charge in [0.25, 0.3) is 0 Å². The predicted molar refractivity (Wildman–Crippen MR) is 82.1 cm³/mol.